The van der Waals surface area contributed by atoms with Crippen LogP contribution in [0.5, 0.6) is 5.75 Å². The number of aliphatic hydroxyl groups is 1. The molecular weight excluding hydrogens is 340 g/mol. The van der Waals surface area contributed by atoms with Crippen molar-refractivity contribution in [3.05, 3.63) is 23.8 Å². The summed E-state index contributed by atoms with van der Waals surface area (Å²) in [6.45, 7) is 4.28. The molecule has 8 heteroatoms. The lowest BCUT2D eigenvalue weighted by atomic mass is 10.1. The molecule has 5 N–H and O–H groups in total. The minimum absolute atomic E-state index is 0.116. The second-order valence-electron chi connectivity index (χ2n) is 6.32. The molecule has 0 aromatic heterocycles. The predicted octanol–water partition coefficient (Wildman–Crippen LogP) is 2.45. The summed E-state index contributed by atoms with van der Waals surface area (Å²) in [6.07, 6.45) is 0.688. The lowest BCUT2D eigenvalue weighted by molar-refractivity contribution is -0.137. The standard InChI is InChI=1S/C18H28N2O6/c1-12-9-14(20-18(24)25)7-8-16(12)26-11-15(21)10-19-13(2)5-3-4-6-17(22)23/h7-9,13,15,19-21H,3-6,10-11H2,1-2H3,(H,22,23)(H,24,25). The maximum Gasteiger partial charge on any atom is 0.409 e. The molecule has 1 aromatic carbocycles. The highest BCUT2D eigenvalue weighted by Crippen LogP contribution is 2.22. The molecule has 0 saturated carbocycles. The summed E-state index contributed by atoms with van der Waals surface area (Å²) in [5.41, 5.74) is 1.23. The molecule has 1 aromatic rings. The van der Waals surface area contributed by atoms with Crippen LogP contribution in [0.25, 0.3) is 0 Å². The van der Waals surface area contributed by atoms with E-state index in [1.165, 1.54) is 0 Å². The molecule has 0 aliphatic rings. The Labute approximate surface area is 153 Å². The van der Waals surface area contributed by atoms with Gasteiger partial charge in [-0.3, -0.25) is 10.1 Å². The number of ether oxygens (including phenoxy) is 1. The van der Waals surface area contributed by atoms with Gasteiger partial charge in [0.05, 0.1) is 0 Å². The van der Waals surface area contributed by atoms with Crippen LogP contribution in [-0.4, -0.2) is 52.7 Å². The number of carboxylic acid groups (broad SMARTS) is 2. The Morgan fingerprint density at radius 1 is 1.23 bits per heavy atom. The average Bonchev–Trinajstić information content (AvgIpc) is 2.55. The molecule has 0 bridgehead atoms. The molecule has 8 nitrogen and oxygen atoms in total. The maximum absolute atomic E-state index is 10.6. The zero-order chi connectivity index (χ0) is 19.5. The quantitative estimate of drug-likeness (QED) is 0.358. The number of nitrogens with one attached hydrogen (secondary N) is 2. The van der Waals surface area contributed by atoms with Crippen LogP contribution >= 0.6 is 0 Å². The highest BCUT2D eigenvalue weighted by Gasteiger charge is 2.10. The molecule has 2 unspecified atom stereocenters. The number of carboxylic acids is 1. The van der Waals surface area contributed by atoms with Gasteiger partial charge in [0.2, 0.25) is 0 Å². The Kier molecular flexibility index (Phi) is 9.46. The van der Waals surface area contributed by atoms with E-state index in [2.05, 4.69) is 10.6 Å². The number of aliphatic hydroxyl groups excluding tert-OH is 1. The molecule has 0 aliphatic carbocycles. The van der Waals surface area contributed by atoms with Crippen molar-refractivity contribution in [2.75, 3.05) is 18.5 Å². The van der Waals surface area contributed by atoms with E-state index in [0.29, 0.717) is 24.4 Å². The molecular formula is C18H28N2O6. The highest BCUT2D eigenvalue weighted by atomic mass is 16.5. The van der Waals surface area contributed by atoms with Crippen molar-refractivity contribution in [1.29, 1.82) is 0 Å². The van der Waals surface area contributed by atoms with Gasteiger partial charge in [0.25, 0.3) is 0 Å². The van der Waals surface area contributed by atoms with E-state index < -0.39 is 18.2 Å². The van der Waals surface area contributed by atoms with E-state index in [-0.39, 0.29) is 19.1 Å². The fraction of sp³-hybridized carbons (Fsp3) is 0.556. The monoisotopic (exact) mass is 368 g/mol. The highest BCUT2D eigenvalue weighted by molar-refractivity contribution is 5.83. The molecule has 0 aliphatic heterocycles. The average molecular weight is 368 g/mol. The van der Waals surface area contributed by atoms with Gasteiger partial charge in [0, 0.05) is 24.7 Å². The van der Waals surface area contributed by atoms with Crippen LogP contribution in [0.3, 0.4) is 0 Å². The van der Waals surface area contributed by atoms with Crippen LogP contribution < -0.4 is 15.4 Å². The molecule has 146 valence electrons. The van der Waals surface area contributed by atoms with Crippen molar-refractivity contribution < 1.29 is 29.6 Å². The minimum atomic E-state index is -1.13. The van der Waals surface area contributed by atoms with Gasteiger partial charge in [0.15, 0.2) is 0 Å². The molecule has 0 fully saturated rings. The van der Waals surface area contributed by atoms with Gasteiger partial charge >= 0.3 is 12.1 Å². The van der Waals surface area contributed by atoms with E-state index in [9.17, 15) is 14.7 Å². The topological polar surface area (TPSA) is 128 Å². The summed E-state index contributed by atoms with van der Waals surface area (Å²) in [4.78, 5) is 21.1. The van der Waals surface area contributed by atoms with Crippen LogP contribution in [-0.2, 0) is 4.79 Å². The smallest absolute Gasteiger partial charge is 0.409 e. The number of hydrogen-bond acceptors (Lipinski definition) is 5. The third-order valence-electron chi connectivity index (χ3n) is 3.84. The molecule has 0 saturated heterocycles. The van der Waals surface area contributed by atoms with Gasteiger partial charge < -0.3 is 25.4 Å². The fourth-order valence-corrected chi connectivity index (χ4v) is 2.42. The van der Waals surface area contributed by atoms with E-state index in [0.717, 1.165) is 18.4 Å². The third-order valence-corrected chi connectivity index (χ3v) is 3.84. The van der Waals surface area contributed by atoms with Crippen LogP contribution in [0.4, 0.5) is 10.5 Å². The van der Waals surface area contributed by atoms with Crippen LogP contribution in [0.1, 0.15) is 38.2 Å². The lowest BCUT2D eigenvalue weighted by Crippen LogP contribution is -2.36. The number of benzene rings is 1. The Balaban J connectivity index is 2.28. The predicted molar refractivity (Wildman–Crippen MR) is 97.9 cm³/mol. The second kappa shape index (κ2) is 11.3. The van der Waals surface area contributed by atoms with Crippen molar-refractivity contribution in [1.82, 2.24) is 5.32 Å². The summed E-state index contributed by atoms with van der Waals surface area (Å²) in [5, 5.41) is 32.8. The Morgan fingerprint density at radius 3 is 2.58 bits per heavy atom. The van der Waals surface area contributed by atoms with Crippen molar-refractivity contribution in [2.24, 2.45) is 0 Å². The van der Waals surface area contributed by atoms with Gasteiger partial charge in [-0.05, 0) is 50.5 Å². The second-order valence-corrected chi connectivity index (χ2v) is 6.32. The SMILES string of the molecule is Cc1cc(NC(=O)O)ccc1OCC(O)CNC(C)CCCCC(=O)O. The van der Waals surface area contributed by atoms with E-state index in [1.54, 1.807) is 25.1 Å². The van der Waals surface area contributed by atoms with Crippen molar-refractivity contribution in [3.8, 4) is 5.75 Å². The lowest BCUT2D eigenvalue weighted by Gasteiger charge is -2.18. The number of aliphatic carboxylic acids is 1. The van der Waals surface area contributed by atoms with Crippen molar-refractivity contribution in [3.63, 3.8) is 0 Å². The number of anilines is 1. The summed E-state index contributed by atoms with van der Waals surface area (Å²) < 4.78 is 5.59. The molecule has 0 radical (unpaired) electrons. The maximum atomic E-state index is 10.6. The number of hydrogen-bond donors (Lipinski definition) is 5. The zero-order valence-corrected chi connectivity index (χ0v) is 15.2. The number of amides is 1. The Morgan fingerprint density at radius 2 is 1.96 bits per heavy atom. The number of rotatable bonds is 12. The first kappa shape index (κ1) is 21.7. The summed E-state index contributed by atoms with van der Waals surface area (Å²) >= 11 is 0. The fourth-order valence-electron chi connectivity index (χ4n) is 2.42. The van der Waals surface area contributed by atoms with Gasteiger partial charge in [-0.1, -0.05) is 6.42 Å². The van der Waals surface area contributed by atoms with Gasteiger partial charge in [-0.25, -0.2) is 4.79 Å². The number of aryl methyl sites for hydroxylation is 1. The summed E-state index contributed by atoms with van der Waals surface area (Å²) in [7, 11) is 0. The molecule has 1 amide bonds. The normalized spacial score (nSPS) is 13.0. The first-order chi connectivity index (χ1) is 12.3. The van der Waals surface area contributed by atoms with Crippen LogP contribution in [0.2, 0.25) is 0 Å². The third kappa shape index (κ3) is 9.24. The van der Waals surface area contributed by atoms with Crippen molar-refractivity contribution in [2.45, 2.75) is 51.7 Å². The first-order valence-corrected chi connectivity index (χ1v) is 8.64. The van der Waals surface area contributed by atoms with Gasteiger partial charge in [-0.15, -0.1) is 0 Å². The van der Waals surface area contributed by atoms with E-state index >= 15 is 0 Å². The van der Waals surface area contributed by atoms with Gasteiger partial charge in [-0.2, -0.15) is 0 Å². The largest absolute Gasteiger partial charge is 0.491 e. The summed E-state index contributed by atoms with van der Waals surface area (Å²) in [5.74, 6) is -0.193. The van der Waals surface area contributed by atoms with Crippen molar-refractivity contribution >= 4 is 17.7 Å². The Hall–Kier alpha value is -2.32. The number of carbonyl (C=O) groups is 2. The molecule has 0 heterocycles. The molecule has 26 heavy (non-hydrogen) atoms. The van der Waals surface area contributed by atoms with Crippen LogP contribution in [0.15, 0.2) is 18.2 Å². The number of unbranched alkanes of at least 4 members (excludes halogenated alkanes) is 1. The molecule has 1 rings (SSSR count). The van der Waals surface area contributed by atoms with E-state index in [1.807, 2.05) is 6.92 Å². The Bertz CT molecular complexity index is 593. The minimum Gasteiger partial charge on any atom is -0.491 e. The first-order valence-electron chi connectivity index (χ1n) is 8.64. The van der Waals surface area contributed by atoms with Gasteiger partial charge in [0.1, 0.15) is 18.5 Å². The van der Waals surface area contributed by atoms with E-state index in [4.69, 9.17) is 14.9 Å². The zero-order valence-electron chi connectivity index (χ0n) is 15.2. The molecule has 0 spiro atoms. The van der Waals surface area contributed by atoms with Crippen LogP contribution in [0, 0.1) is 6.92 Å². The molecule has 2 atom stereocenters. The summed E-state index contributed by atoms with van der Waals surface area (Å²) in [6, 6.07) is 5.10.